The van der Waals surface area contributed by atoms with E-state index in [4.69, 9.17) is 11.5 Å². The van der Waals surface area contributed by atoms with E-state index in [1.807, 2.05) is 6.92 Å². The Balaban J connectivity index is 3.87. The van der Waals surface area contributed by atoms with Crippen LogP contribution in [0.4, 0.5) is 0 Å². The maximum atomic E-state index is 8.89. The molecule has 0 spiro atoms. The lowest BCUT2D eigenvalue weighted by molar-refractivity contribution is 0.331. The zero-order valence-electron chi connectivity index (χ0n) is 12.7. The largest absolute Gasteiger partial charge is 0.392 e. The first-order valence-corrected chi connectivity index (χ1v) is 7.11. The molecule has 0 bridgehead atoms. The van der Waals surface area contributed by atoms with Crippen LogP contribution in [0.2, 0.25) is 0 Å². The van der Waals surface area contributed by atoms with Crippen molar-refractivity contribution in [1.29, 1.82) is 0 Å². The van der Waals surface area contributed by atoms with Crippen LogP contribution < -0.4 is 0 Å². The number of terminal acetylenes is 1. The molecule has 0 amide bonds. The zero-order valence-corrected chi connectivity index (χ0v) is 12.7. The molecule has 0 fully saturated rings. The molecule has 0 heterocycles. The molecule has 0 aromatic rings. The first-order chi connectivity index (χ1) is 9.10. The highest BCUT2D eigenvalue weighted by Crippen LogP contribution is 2.12. The van der Waals surface area contributed by atoms with E-state index in [2.05, 4.69) is 38.0 Å². The Bertz CT molecular complexity index is 364. The molecule has 0 saturated carbocycles. The van der Waals surface area contributed by atoms with Crippen LogP contribution in [-0.2, 0) is 0 Å². The van der Waals surface area contributed by atoms with Gasteiger partial charge in [0.25, 0.3) is 0 Å². The van der Waals surface area contributed by atoms with Crippen molar-refractivity contribution in [2.24, 2.45) is 0 Å². The Kier molecular flexibility index (Phi) is 11.0. The molecular formula is C18H28O. The second-order valence-electron chi connectivity index (χ2n) is 5.13. The van der Waals surface area contributed by atoms with Gasteiger partial charge in [-0.3, -0.25) is 0 Å². The third-order valence-corrected chi connectivity index (χ3v) is 3.09. The number of allylic oxidation sites excluding steroid dienone is 5. The summed E-state index contributed by atoms with van der Waals surface area (Å²) in [7, 11) is 0. The minimum Gasteiger partial charge on any atom is -0.392 e. The Morgan fingerprint density at radius 2 is 1.37 bits per heavy atom. The average Bonchev–Trinajstić information content (AvgIpc) is 2.38. The third kappa shape index (κ3) is 11.6. The molecule has 0 radical (unpaired) electrons. The minimum atomic E-state index is 0.171. The van der Waals surface area contributed by atoms with Gasteiger partial charge in [0.05, 0.1) is 6.61 Å². The topological polar surface area (TPSA) is 20.2 Å². The first-order valence-electron chi connectivity index (χ1n) is 7.11. The molecule has 0 rings (SSSR count). The summed E-state index contributed by atoms with van der Waals surface area (Å²) in [6, 6.07) is 0. The molecule has 0 unspecified atom stereocenters. The standard InChI is InChI=1S/C18H28O/c1-5-6-7-10-16(2)11-8-12-17(3)13-9-14-18(4)15-19/h1,10,12,14,19H,6-9,11,13,15H2,2-4H3. The molecule has 0 aromatic carbocycles. The monoisotopic (exact) mass is 260 g/mol. The predicted octanol–water partition coefficient (Wildman–Crippen LogP) is 4.79. The van der Waals surface area contributed by atoms with Crippen LogP contribution in [-0.4, -0.2) is 11.7 Å². The van der Waals surface area contributed by atoms with E-state index in [9.17, 15) is 0 Å². The van der Waals surface area contributed by atoms with Crippen LogP contribution in [0.3, 0.4) is 0 Å². The lowest BCUT2D eigenvalue weighted by Crippen LogP contribution is -1.84. The Morgan fingerprint density at radius 1 is 0.895 bits per heavy atom. The van der Waals surface area contributed by atoms with Gasteiger partial charge in [-0.05, 0) is 52.9 Å². The molecule has 1 nitrogen and oxygen atoms in total. The molecule has 0 saturated heterocycles. The van der Waals surface area contributed by atoms with Gasteiger partial charge in [-0.25, -0.2) is 0 Å². The summed E-state index contributed by atoms with van der Waals surface area (Å²) in [5.74, 6) is 2.65. The van der Waals surface area contributed by atoms with E-state index in [1.54, 1.807) is 0 Å². The van der Waals surface area contributed by atoms with Crippen molar-refractivity contribution in [3.8, 4) is 12.3 Å². The van der Waals surface area contributed by atoms with Crippen LogP contribution in [0.1, 0.15) is 59.3 Å². The molecule has 1 heteroatoms. The van der Waals surface area contributed by atoms with Crippen molar-refractivity contribution in [1.82, 2.24) is 0 Å². The Labute approximate surface area is 119 Å². The highest BCUT2D eigenvalue weighted by atomic mass is 16.3. The average molecular weight is 260 g/mol. The number of aliphatic hydroxyl groups is 1. The molecule has 0 aromatic heterocycles. The predicted molar refractivity (Wildman–Crippen MR) is 84.9 cm³/mol. The molecule has 19 heavy (non-hydrogen) atoms. The highest BCUT2D eigenvalue weighted by molar-refractivity contribution is 5.06. The number of hydrogen-bond acceptors (Lipinski definition) is 1. The summed E-state index contributed by atoms with van der Waals surface area (Å²) in [5, 5.41) is 8.89. The summed E-state index contributed by atoms with van der Waals surface area (Å²) in [4.78, 5) is 0. The number of hydrogen-bond donors (Lipinski definition) is 1. The van der Waals surface area contributed by atoms with E-state index in [1.165, 1.54) is 11.1 Å². The Hall–Kier alpha value is -1.26. The summed E-state index contributed by atoms with van der Waals surface area (Å²) in [5.41, 5.74) is 3.91. The molecule has 106 valence electrons. The first kappa shape index (κ1) is 17.7. The van der Waals surface area contributed by atoms with Crippen molar-refractivity contribution >= 4 is 0 Å². The van der Waals surface area contributed by atoms with Gasteiger partial charge in [0.1, 0.15) is 0 Å². The lowest BCUT2D eigenvalue weighted by Gasteiger charge is -2.01. The number of unbranched alkanes of at least 4 members (excludes halogenated alkanes) is 1. The fraction of sp³-hybridized carbons (Fsp3) is 0.556. The van der Waals surface area contributed by atoms with Gasteiger partial charge < -0.3 is 5.11 Å². The Morgan fingerprint density at radius 3 is 1.84 bits per heavy atom. The summed E-state index contributed by atoms with van der Waals surface area (Å²) < 4.78 is 0. The summed E-state index contributed by atoms with van der Waals surface area (Å²) >= 11 is 0. The van der Waals surface area contributed by atoms with Crippen LogP contribution >= 0.6 is 0 Å². The van der Waals surface area contributed by atoms with Crippen molar-refractivity contribution in [3.05, 3.63) is 34.9 Å². The van der Waals surface area contributed by atoms with Crippen molar-refractivity contribution < 1.29 is 5.11 Å². The van der Waals surface area contributed by atoms with Crippen LogP contribution in [0.5, 0.6) is 0 Å². The van der Waals surface area contributed by atoms with Gasteiger partial charge in [0.15, 0.2) is 0 Å². The van der Waals surface area contributed by atoms with Gasteiger partial charge >= 0.3 is 0 Å². The smallest absolute Gasteiger partial charge is 0.0639 e. The van der Waals surface area contributed by atoms with E-state index < -0.39 is 0 Å². The van der Waals surface area contributed by atoms with E-state index in [0.29, 0.717) is 0 Å². The van der Waals surface area contributed by atoms with Crippen molar-refractivity contribution in [3.63, 3.8) is 0 Å². The summed E-state index contributed by atoms with van der Waals surface area (Å²) in [6.07, 6.45) is 18.1. The third-order valence-electron chi connectivity index (χ3n) is 3.09. The maximum Gasteiger partial charge on any atom is 0.0639 e. The van der Waals surface area contributed by atoms with E-state index >= 15 is 0 Å². The quantitative estimate of drug-likeness (QED) is 0.359. The molecule has 0 aliphatic rings. The SMILES string of the molecule is C#CCCC=C(C)CCC=C(C)CCC=C(C)CO. The second-order valence-corrected chi connectivity index (χ2v) is 5.13. The maximum absolute atomic E-state index is 8.89. The van der Waals surface area contributed by atoms with Crippen LogP contribution in [0.15, 0.2) is 34.9 Å². The molecule has 1 N–H and O–H groups in total. The zero-order chi connectivity index (χ0) is 14.5. The molecule has 0 aliphatic heterocycles. The molecular weight excluding hydrogens is 232 g/mol. The van der Waals surface area contributed by atoms with Gasteiger partial charge in [-0.1, -0.05) is 34.9 Å². The number of aliphatic hydroxyl groups excluding tert-OH is 1. The fourth-order valence-electron chi connectivity index (χ4n) is 1.76. The van der Waals surface area contributed by atoms with Crippen LogP contribution in [0.25, 0.3) is 0 Å². The van der Waals surface area contributed by atoms with Crippen molar-refractivity contribution in [2.75, 3.05) is 6.61 Å². The van der Waals surface area contributed by atoms with Gasteiger partial charge in [0, 0.05) is 6.42 Å². The lowest BCUT2D eigenvalue weighted by atomic mass is 10.1. The molecule has 0 aliphatic carbocycles. The normalized spacial score (nSPS) is 13.5. The van der Waals surface area contributed by atoms with Crippen LogP contribution in [0, 0.1) is 12.3 Å². The number of rotatable bonds is 9. The molecule has 0 atom stereocenters. The van der Waals surface area contributed by atoms with Gasteiger partial charge in [-0.15, -0.1) is 12.3 Å². The summed E-state index contributed by atoms with van der Waals surface area (Å²) in [6.45, 7) is 6.49. The van der Waals surface area contributed by atoms with E-state index in [-0.39, 0.29) is 6.61 Å². The van der Waals surface area contributed by atoms with Gasteiger partial charge in [-0.2, -0.15) is 0 Å². The fourth-order valence-corrected chi connectivity index (χ4v) is 1.76. The van der Waals surface area contributed by atoms with Crippen molar-refractivity contribution in [2.45, 2.75) is 59.3 Å². The minimum absolute atomic E-state index is 0.171. The van der Waals surface area contributed by atoms with E-state index in [0.717, 1.165) is 44.1 Å². The second kappa shape index (κ2) is 11.8. The van der Waals surface area contributed by atoms with Gasteiger partial charge in [0.2, 0.25) is 0 Å². The highest BCUT2D eigenvalue weighted by Gasteiger charge is 1.92.